The average molecular weight is 337 g/mol. The molecule has 132 valence electrons. The maximum absolute atomic E-state index is 12.7. The van der Waals surface area contributed by atoms with Gasteiger partial charge >= 0.3 is 0 Å². The molecule has 1 amide bonds. The maximum atomic E-state index is 12.7. The molecule has 0 aliphatic heterocycles. The number of likely N-dealkylation sites (N-methyl/N-ethyl adjacent to an activating group) is 1. The molecule has 1 aromatic heterocycles. The van der Waals surface area contributed by atoms with Crippen LogP contribution in [0.5, 0.6) is 0 Å². The van der Waals surface area contributed by atoms with Gasteiger partial charge in [0.05, 0.1) is 18.3 Å². The molecule has 1 fully saturated rings. The van der Waals surface area contributed by atoms with Gasteiger partial charge in [0.2, 0.25) is 5.91 Å². The normalized spacial score (nSPS) is 16.4. The molecule has 1 unspecified atom stereocenters. The number of rotatable bonds is 6. The lowest BCUT2D eigenvalue weighted by Crippen LogP contribution is -2.43. The van der Waals surface area contributed by atoms with Crippen LogP contribution in [-0.4, -0.2) is 35.4 Å². The van der Waals surface area contributed by atoms with Crippen molar-refractivity contribution in [3.8, 4) is 0 Å². The van der Waals surface area contributed by atoms with Gasteiger partial charge in [-0.1, -0.05) is 55.7 Å². The highest BCUT2D eigenvalue weighted by atomic mass is 16.2. The van der Waals surface area contributed by atoms with E-state index < -0.39 is 0 Å². The molecular weight excluding hydrogens is 310 g/mol. The monoisotopic (exact) mass is 337 g/mol. The predicted octanol–water partition coefficient (Wildman–Crippen LogP) is 3.55. The topological polar surface area (TPSA) is 45.2 Å². The SMILES string of the molecule is CN(C(=O)CNC(c1ccccc1)c1ccccn1)C1CCCCC1. The summed E-state index contributed by atoms with van der Waals surface area (Å²) in [6.45, 7) is 0.323. The van der Waals surface area contributed by atoms with Crippen LogP contribution in [0.4, 0.5) is 0 Å². The van der Waals surface area contributed by atoms with Gasteiger partial charge in [-0.3, -0.25) is 15.1 Å². The Morgan fingerprint density at radius 3 is 2.52 bits per heavy atom. The van der Waals surface area contributed by atoms with E-state index >= 15 is 0 Å². The van der Waals surface area contributed by atoms with Crippen LogP contribution < -0.4 is 5.32 Å². The zero-order chi connectivity index (χ0) is 17.5. The highest BCUT2D eigenvalue weighted by Crippen LogP contribution is 2.22. The first-order valence-corrected chi connectivity index (χ1v) is 9.20. The van der Waals surface area contributed by atoms with Crippen molar-refractivity contribution in [3.05, 3.63) is 66.0 Å². The first-order chi connectivity index (χ1) is 12.3. The maximum Gasteiger partial charge on any atom is 0.236 e. The number of amides is 1. The molecule has 1 aromatic carbocycles. The van der Waals surface area contributed by atoms with E-state index in [9.17, 15) is 4.79 Å². The molecular formula is C21H27N3O. The van der Waals surface area contributed by atoms with Crippen molar-refractivity contribution >= 4 is 5.91 Å². The van der Waals surface area contributed by atoms with Crippen LogP contribution in [0.3, 0.4) is 0 Å². The van der Waals surface area contributed by atoms with Gasteiger partial charge in [-0.05, 0) is 30.5 Å². The molecule has 1 N–H and O–H groups in total. The van der Waals surface area contributed by atoms with E-state index in [1.165, 1.54) is 19.3 Å². The van der Waals surface area contributed by atoms with Gasteiger partial charge in [-0.2, -0.15) is 0 Å². The molecule has 0 saturated heterocycles. The number of carbonyl (C=O) groups is 1. The van der Waals surface area contributed by atoms with Gasteiger partial charge < -0.3 is 4.90 Å². The largest absolute Gasteiger partial charge is 0.342 e. The van der Waals surface area contributed by atoms with Crippen molar-refractivity contribution < 1.29 is 4.79 Å². The zero-order valence-electron chi connectivity index (χ0n) is 14.9. The number of hydrogen-bond acceptors (Lipinski definition) is 3. The molecule has 3 rings (SSSR count). The van der Waals surface area contributed by atoms with Gasteiger partial charge in [0, 0.05) is 19.3 Å². The molecule has 1 atom stereocenters. The summed E-state index contributed by atoms with van der Waals surface area (Å²) in [6.07, 6.45) is 7.82. The minimum absolute atomic E-state index is 0.0777. The molecule has 2 aromatic rings. The molecule has 1 saturated carbocycles. The first-order valence-electron chi connectivity index (χ1n) is 9.20. The smallest absolute Gasteiger partial charge is 0.236 e. The van der Waals surface area contributed by atoms with Crippen LogP contribution in [-0.2, 0) is 4.79 Å². The van der Waals surface area contributed by atoms with Crippen molar-refractivity contribution in [1.82, 2.24) is 15.2 Å². The van der Waals surface area contributed by atoms with Crippen LogP contribution in [0.1, 0.15) is 49.4 Å². The predicted molar refractivity (Wildman–Crippen MR) is 100 cm³/mol. The Morgan fingerprint density at radius 2 is 1.84 bits per heavy atom. The van der Waals surface area contributed by atoms with Gasteiger partial charge in [0.15, 0.2) is 0 Å². The Kier molecular flexibility index (Phi) is 6.18. The summed E-state index contributed by atoms with van der Waals surface area (Å²) < 4.78 is 0. The number of benzene rings is 1. The highest BCUT2D eigenvalue weighted by molar-refractivity contribution is 5.78. The summed E-state index contributed by atoms with van der Waals surface area (Å²) >= 11 is 0. The second-order valence-corrected chi connectivity index (χ2v) is 6.78. The van der Waals surface area contributed by atoms with Crippen LogP contribution in [0.25, 0.3) is 0 Å². The van der Waals surface area contributed by atoms with Gasteiger partial charge in [-0.15, -0.1) is 0 Å². The molecule has 0 radical (unpaired) electrons. The zero-order valence-corrected chi connectivity index (χ0v) is 14.9. The van der Waals surface area contributed by atoms with Gasteiger partial charge in [-0.25, -0.2) is 0 Å². The van der Waals surface area contributed by atoms with E-state index in [4.69, 9.17) is 0 Å². The minimum atomic E-state index is -0.0777. The molecule has 4 heteroatoms. The fourth-order valence-corrected chi connectivity index (χ4v) is 3.57. The second-order valence-electron chi connectivity index (χ2n) is 6.78. The summed E-state index contributed by atoms with van der Waals surface area (Å²) in [7, 11) is 1.94. The Morgan fingerprint density at radius 1 is 1.12 bits per heavy atom. The first kappa shape index (κ1) is 17.6. The fraction of sp³-hybridized carbons (Fsp3) is 0.429. The minimum Gasteiger partial charge on any atom is -0.342 e. The number of hydrogen-bond donors (Lipinski definition) is 1. The van der Waals surface area contributed by atoms with Crippen LogP contribution in [0, 0.1) is 0 Å². The summed E-state index contributed by atoms with van der Waals surface area (Å²) in [4.78, 5) is 19.1. The van der Waals surface area contributed by atoms with E-state index in [2.05, 4.69) is 22.4 Å². The fourth-order valence-electron chi connectivity index (χ4n) is 3.57. The Balaban J connectivity index is 1.67. The number of pyridine rings is 1. The highest BCUT2D eigenvalue weighted by Gasteiger charge is 2.23. The number of nitrogens with one attached hydrogen (secondary N) is 1. The van der Waals surface area contributed by atoms with Crippen molar-refractivity contribution in [2.45, 2.75) is 44.2 Å². The molecule has 1 heterocycles. The summed E-state index contributed by atoms with van der Waals surface area (Å²) in [5.41, 5.74) is 2.05. The molecule has 0 bridgehead atoms. The number of nitrogens with zero attached hydrogens (tertiary/aromatic N) is 2. The number of carbonyl (C=O) groups excluding carboxylic acids is 1. The van der Waals surface area contributed by atoms with Gasteiger partial charge in [0.25, 0.3) is 0 Å². The third kappa shape index (κ3) is 4.67. The average Bonchev–Trinajstić information content (AvgIpc) is 2.70. The molecule has 0 spiro atoms. The third-order valence-corrected chi connectivity index (χ3v) is 5.09. The lowest BCUT2D eigenvalue weighted by atomic mass is 9.94. The quantitative estimate of drug-likeness (QED) is 0.877. The summed E-state index contributed by atoms with van der Waals surface area (Å²) in [6, 6.07) is 16.4. The Bertz CT molecular complexity index is 614. The third-order valence-electron chi connectivity index (χ3n) is 5.09. The Hall–Kier alpha value is -2.20. The molecule has 1 aliphatic carbocycles. The van der Waals surface area contributed by atoms with E-state index in [0.717, 1.165) is 24.1 Å². The van der Waals surface area contributed by atoms with Crippen molar-refractivity contribution in [2.75, 3.05) is 13.6 Å². The van der Waals surface area contributed by atoms with Crippen LogP contribution in [0.2, 0.25) is 0 Å². The number of aromatic nitrogens is 1. The summed E-state index contributed by atoms with van der Waals surface area (Å²) in [5.74, 6) is 0.156. The molecule has 4 nitrogen and oxygen atoms in total. The van der Waals surface area contributed by atoms with Crippen LogP contribution >= 0.6 is 0 Å². The second kappa shape index (κ2) is 8.77. The van der Waals surface area contributed by atoms with Crippen molar-refractivity contribution in [3.63, 3.8) is 0 Å². The molecule has 1 aliphatic rings. The van der Waals surface area contributed by atoms with E-state index in [1.807, 2.05) is 48.3 Å². The van der Waals surface area contributed by atoms with E-state index in [1.54, 1.807) is 6.20 Å². The van der Waals surface area contributed by atoms with Crippen molar-refractivity contribution in [2.24, 2.45) is 0 Å². The Labute approximate surface area is 150 Å². The van der Waals surface area contributed by atoms with E-state index in [-0.39, 0.29) is 11.9 Å². The lowest BCUT2D eigenvalue weighted by molar-refractivity contribution is -0.131. The van der Waals surface area contributed by atoms with Gasteiger partial charge in [0.1, 0.15) is 0 Å². The lowest BCUT2D eigenvalue weighted by Gasteiger charge is -2.32. The van der Waals surface area contributed by atoms with Crippen LogP contribution in [0.15, 0.2) is 54.7 Å². The standard InChI is InChI=1S/C21H27N3O/c1-24(18-12-6-3-7-13-18)20(25)16-23-21(17-10-4-2-5-11-17)19-14-8-9-15-22-19/h2,4-5,8-11,14-15,18,21,23H,3,6-7,12-13,16H2,1H3. The summed E-state index contributed by atoms with van der Waals surface area (Å²) in [5, 5.41) is 3.42. The van der Waals surface area contributed by atoms with E-state index in [0.29, 0.717) is 12.6 Å². The van der Waals surface area contributed by atoms with Crippen molar-refractivity contribution in [1.29, 1.82) is 0 Å². The molecule has 25 heavy (non-hydrogen) atoms.